The summed E-state index contributed by atoms with van der Waals surface area (Å²) < 4.78 is 0.937. The number of pyridine rings is 1. The van der Waals surface area contributed by atoms with Crippen molar-refractivity contribution in [3.05, 3.63) is 51.0 Å². The van der Waals surface area contributed by atoms with E-state index < -0.39 is 4.92 Å². The third-order valence-corrected chi connectivity index (χ3v) is 3.06. The van der Waals surface area contributed by atoms with Crippen LogP contribution in [0, 0.1) is 10.1 Å². The molecule has 1 aromatic heterocycles. The predicted octanol–water partition coefficient (Wildman–Crippen LogP) is 3.93. The summed E-state index contributed by atoms with van der Waals surface area (Å²) in [6.07, 6.45) is 0. The van der Waals surface area contributed by atoms with Crippen LogP contribution in [0.15, 0.2) is 40.9 Å². The van der Waals surface area contributed by atoms with Crippen LogP contribution in [0.25, 0.3) is 0 Å². The average Bonchev–Trinajstić information content (AvgIpc) is 2.42. The normalized spacial score (nSPS) is 10.1. The van der Waals surface area contributed by atoms with Crippen LogP contribution in [0.3, 0.4) is 0 Å². The van der Waals surface area contributed by atoms with Crippen LogP contribution < -0.4 is 10.6 Å². The molecule has 2 N–H and O–H groups in total. The van der Waals surface area contributed by atoms with Gasteiger partial charge in [0, 0.05) is 22.8 Å². The summed E-state index contributed by atoms with van der Waals surface area (Å²) in [6, 6.07) is 10.4. The number of halogens is 1. The molecule has 104 valence electrons. The largest absolute Gasteiger partial charge is 0.370 e. The molecule has 0 aliphatic rings. The first kappa shape index (κ1) is 14.3. The van der Waals surface area contributed by atoms with E-state index in [9.17, 15) is 10.1 Å². The van der Waals surface area contributed by atoms with Crippen LogP contribution in [0.5, 0.6) is 0 Å². The van der Waals surface area contributed by atoms with E-state index in [1.54, 1.807) is 6.07 Å². The van der Waals surface area contributed by atoms with Gasteiger partial charge < -0.3 is 10.6 Å². The Hall–Kier alpha value is -2.15. The SMILES string of the molecule is CCNc1ccc([N+](=O)[O-])c(Nc2ccc(Br)cc2)n1. The second kappa shape index (κ2) is 6.33. The molecule has 0 fully saturated rings. The third kappa shape index (κ3) is 3.45. The summed E-state index contributed by atoms with van der Waals surface area (Å²) in [5, 5.41) is 17.0. The van der Waals surface area contributed by atoms with Crippen molar-refractivity contribution in [2.45, 2.75) is 6.92 Å². The lowest BCUT2D eigenvalue weighted by Gasteiger charge is -2.09. The molecule has 1 aromatic carbocycles. The number of nitro groups is 1. The standard InChI is InChI=1S/C13H13BrN4O2/c1-2-15-12-8-7-11(18(19)20)13(17-12)16-10-5-3-9(14)4-6-10/h3-8H,2H2,1H3,(H2,15,16,17). The van der Waals surface area contributed by atoms with Crippen LogP contribution in [0.1, 0.15) is 6.92 Å². The van der Waals surface area contributed by atoms with Crippen molar-refractivity contribution in [3.8, 4) is 0 Å². The molecule has 0 aliphatic carbocycles. The second-order valence-electron chi connectivity index (χ2n) is 3.98. The van der Waals surface area contributed by atoms with Crippen molar-refractivity contribution in [1.82, 2.24) is 4.98 Å². The fourth-order valence-corrected chi connectivity index (χ4v) is 1.90. The van der Waals surface area contributed by atoms with E-state index in [2.05, 4.69) is 31.5 Å². The van der Waals surface area contributed by atoms with E-state index in [4.69, 9.17) is 0 Å². The Morgan fingerprint density at radius 2 is 1.95 bits per heavy atom. The van der Waals surface area contributed by atoms with Gasteiger partial charge in [-0.1, -0.05) is 15.9 Å². The number of nitrogens with zero attached hydrogens (tertiary/aromatic N) is 2. The van der Waals surface area contributed by atoms with Crippen molar-refractivity contribution in [2.24, 2.45) is 0 Å². The van der Waals surface area contributed by atoms with E-state index in [0.717, 1.165) is 10.2 Å². The maximum absolute atomic E-state index is 11.0. The van der Waals surface area contributed by atoms with Gasteiger partial charge in [0.25, 0.3) is 0 Å². The first-order valence-corrected chi connectivity index (χ1v) is 6.81. The number of nitrogens with one attached hydrogen (secondary N) is 2. The Morgan fingerprint density at radius 1 is 1.25 bits per heavy atom. The highest BCUT2D eigenvalue weighted by Gasteiger charge is 2.16. The number of anilines is 3. The lowest BCUT2D eigenvalue weighted by molar-refractivity contribution is -0.384. The lowest BCUT2D eigenvalue weighted by Crippen LogP contribution is -2.04. The van der Waals surface area contributed by atoms with Gasteiger partial charge in [0.15, 0.2) is 0 Å². The van der Waals surface area contributed by atoms with Crippen LogP contribution in [-0.2, 0) is 0 Å². The van der Waals surface area contributed by atoms with Crippen molar-refractivity contribution in [3.63, 3.8) is 0 Å². The van der Waals surface area contributed by atoms with Gasteiger partial charge in [0.2, 0.25) is 5.82 Å². The molecule has 0 aliphatic heterocycles. The van der Waals surface area contributed by atoms with Crippen molar-refractivity contribution < 1.29 is 4.92 Å². The minimum Gasteiger partial charge on any atom is -0.370 e. The number of aromatic nitrogens is 1. The van der Waals surface area contributed by atoms with Gasteiger partial charge in [-0.2, -0.15) is 0 Å². The number of hydrogen-bond donors (Lipinski definition) is 2. The van der Waals surface area contributed by atoms with Gasteiger partial charge in [-0.3, -0.25) is 10.1 Å². The predicted molar refractivity (Wildman–Crippen MR) is 82.5 cm³/mol. The molecule has 0 spiro atoms. The Balaban J connectivity index is 2.34. The van der Waals surface area contributed by atoms with Crippen LogP contribution in [-0.4, -0.2) is 16.5 Å². The quantitative estimate of drug-likeness (QED) is 0.638. The van der Waals surface area contributed by atoms with Crippen LogP contribution in [0.2, 0.25) is 0 Å². The summed E-state index contributed by atoms with van der Waals surface area (Å²) in [7, 11) is 0. The Labute approximate surface area is 124 Å². The average molecular weight is 337 g/mol. The summed E-state index contributed by atoms with van der Waals surface area (Å²) in [6.45, 7) is 2.63. The van der Waals surface area contributed by atoms with E-state index in [1.165, 1.54) is 6.07 Å². The molecule has 0 atom stereocenters. The zero-order chi connectivity index (χ0) is 14.5. The second-order valence-corrected chi connectivity index (χ2v) is 4.90. The highest BCUT2D eigenvalue weighted by molar-refractivity contribution is 9.10. The van der Waals surface area contributed by atoms with E-state index >= 15 is 0 Å². The summed E-state index contributed by atoms with van der Waals surface area (Å²) >= 11 is 3.34. The fourth-order valence-electron chi connectivity index (χ4n) is 1.64. The third-order valence-electron chi connectivity index (χ3n) is 2.54. The molecular weight excluding hydrogens is 324 g/mol. The van der Waals surface area contributed by atoms with Gasteiger partial charge in [-0.15, -0.1) is 0 Å². The van der Waals surface area contributed by atoms with Gasteiger partial charge in [-0.25, -0.2) is 4.98 Å². The molecule has 20 heavy (non-hydrogen) atoms. The maximum Gasteiger partial charge on any atom is 0.311 e. The number of rotatable bonds is 5. The molecule has 0 unspecified atom stereocenters. The summed E-state index contributed by atoms with van der Waals surface area (Å²) in [5.41, 5.74) is 0.673. The van der Waals surface area contributed by atoms with Crippen molar-refractivity contribution >= 4 is 38.9 Å². The van der Waals surface area contributed by atoms with Gasteiger partial charge in [0.05, 0.1) is 4.92 Å². The highest BCUT2D eigenvalue weighted by atomic mass is 79.9. The topological polar surface area (TPSA) is 80.1 Å². The molecule has 1 heterocycles. The van der Waals surface area contributed by atoms with Crippen LogP contribution in [0.4, 0.5) is 23.0 Å². The molecule has 2 rings (SSSR count). The molecule has 0 amide bonds. The number of hydrogen-bond acceptors (Lipinski definition) is 5. The molecule has 6 nitrogen and oxygen atoms in total. The molecule has 0 saturated heterocycles. The molecule has 2 aromatic rings. The van der Waals surface area contributed by atoms with Crippen molar-refractivity contribution in [1.29, 1.82) is 0 Å². The van der Waals surface area contributed by atoms with Gasteiger partial charge >= 0.3 is 5.69 Å². The molecule has 7 heteroatoms. The Morgan fingerprint density at radius 3 is 2.55 bits per heavy atom. The fraction of sp³-hybridized carbons (Fsp3) is 0.154. The summed E-state index contributed by atoms with van der Waals surface area (Å²) in [5.74, 6) is 0.813. The van der Waals surface area contributed by atoms with Crippen molar-refractivity contribution in [2.75, 3.05) is 17.2 Å². The zero-order valence-electron chi connectivity index (χ0n) is 10.8. The first-order valence-electron chi connectivity index (χ1n) is 6.02. The zero-order valence-corrected chi connectivity index (χ0v) is 12.3. The maximum atomic E-state index is 11.0. The smallest absolute Gasteiger partial charge is 0.311 e. The van der Waals surface area contributed by atoms with Gasteiger partial charge in [0.1, 0.15) is 5.82 Å². The minimum atomic E-state index is -0.454. The number of benzene rings is 1. The van der Waals surface area contributed by atoms with E-state index in [-0.39, 0.29) is 11.5 Å². The molecule has 0 radical (unpaired) electrons. The highest BCUT2D eigenvalue weighted by Crippen LogP contribution is 2.27. The summed E-state index contributed by atoms with van der Waals surface area (Å²) in [4.78, 5) is 14.8. The lowest BCUT2D eigenvalue weighted by atomic mass is 10.3. The first-order chi connectivity index (χ1) is 9.60. The molecular formula is C13H13BrN4O2. The monoisotopic (exact) mass is 336 g/mol. The minimum absolute atomic E-state index is 0.0606. The molecule has 0 bridgehead atoms. The Kier molecular flexibility index (Phi) is 4.52. The van der Waals surface area contributed by atoms with Gasteiger partial charge in [-0.05, 0) is 37.3 Å². The van der Waals surface area contributed by atoms with E-state index in [0.29, 0.717) is 12.4 Å². The molecule has 0 saturated carbocycles. The van der Waals surface area contributed by atoms with E-state index in [1.807, 2.05) is 31.2 Å². The van der Waals surface area contributed by atoms with Crippen LogP contribution >= 0.6 is 15.9 Å². The Bertz CT molecular complexity index is 616.